The number of thioether (sulfide) groups is 1. The number of carbonyl (C=O) groups is 1. The van der Waals surface area contributed by atoms with Crippen LogP contribution in [0.25, 0.3) is 0 Å². The van der Waals surface area contributed by atoms with Gasteiger partial charge in [-0.25, -0.2) is 4.39 Å². The Morgan fingerprint density at radius 3 is 2.68 bits per heavy atom. The molecule has 0 aromatic heterocycles. The van der Waals surface area contributed by atoms with Crippen molar-refractivity contribution in [1.82, 2.24) is 5.32 Å². The number of nitrogens with one attached hydrogen (secondary N) is 1. The van der Waals surface area contributed by atoms with E-state index in [9.17, 15) is 9.18 Å². The molecule has 2 atom stereocenters. The fourth-order valence-corrected chi connectivity index (χ4v) is 3.17. The second-order valence-corrected chi connectivity index (χ2v) is 6.23. The minimum absolute atomic E-state index is 0.0769. The minimum Gasteiger partial charge on any atom is -0.352 e. The van der Waals surface area contributed by atoms with Crippen LogP contribution in [0.2, 0.25) is 0 Å². The number of rotatable bonds is 4. The lowest BCUT2D eigenvalue weighted by Crippen LogP contribution is -2.41. The standard InChI is InChI=1S/C15H20FNOS/c1-11-4-2-3-5-14(11)17-15(18)10-19-13-8-6-12(16)7-9-13/h6-9,11,14H,2-5,10H2,1H3,(H,17,18)/t11-,14+/m1/s1. The first-order valence-corrected chi connectivity index (χ1v) is 7.81. The smallest absolute Gasteiger partial charge is 0.230 e. The molecular formula is C15H20FNOS. The van der Waals surface area contributed by atoms with E-state index in [2.05, 4.69) is 12.2 Å². The average molecular weight is 281 g/mol. The monoisotopic (exact) mass is 281 g/mol. The van der Waals surface area contributed by atoms with Gasteiger partial charge in [-0.05, 0) is 43.0 Å². The van der Waals surface area contributed by atoms with Gasteiger partial charge in [0.1, 0.15) is 5.82 Å². The molecular weight excluding hydrogens is 261 g/mol. The lowest BCUT2D eigenvalue weighted by molar-refractivity contribution is -0.119. The molecule has 0 radical (unpaired) electrons. The molecule has 0 heterocycles. The maximum atomic E-state index is 12.7. The highest BCUT2D eigenvalue weighted by Crippen LogP contribution is 2.24. The molecule has 1 aliphatic rings. The van der Waals surface area contributed by atoms with Crippen molar-refractivity contribution in [2.45, 2.75) is 43.5 Å². The van der Waals surface area contributed by atoms with Gasteiger partial charge in [-0.2, -0.15) is 0 Å². The number of carbonyl (C=O) groups excluding carboxylic acids is 1. The van der Waals surface area contributed by atoms with Gasteiger partial charge in [0.05, 0.1) is 5.75 Å². The molecule has 0 saturated heterocycles. The number of benzene rings is 1. The largest absolute Gasteiger partial charge is 0.352 e. The molecule has 0 aliphatic heterocycles. The highest BCUT2D eigenvalue weighted by Gasteiger charge is 2.22. The first-order chi connectivity index (χ1) is 9.15. The van der Waals surface area contributed by atoms with E-state index in [1.54, 1.807) is 12.1 Å². The zero-order valence-corrected chi connectivity index (χ0v) is 12.0. The van der Waals surface area contributed by atoms with Crippen molar-refractivity contribution in [3.8, 4) is 0 Å². The number of amides is 1. The van der Waals surface area contributed by atoms with Gasteiger partial charge in [-0.15, -0.1) is 11.8 Å². The SMILES string of the molecule is C[C@@H]1CCCC[C@@H]1NC(=O)CSc1ccc(F)cc1. The van der Waals surface area contributed by atoms with E-state index >= 15 is 0 Å². The van der Waals surface area contributed by atoms with Gasteiger partial charge in [0, 0.05) is 10.9 Å². The van der Waals surface area contributed by atoms with Crippen LogP contribution in [0.3, 0.4) is 0 Å². The Balaban J connectivity index is 1.76. The topological polar surface area (TPSA) is 29.1 Å². The zero-order chi connectivity index (χ0) is 13.7. The van der Waals surface area contributed by atoms with E-state index in [1.165, 1.54) is 43.2 Å². The Kier molecular flexibility index (Phi) is 5.25. The summed E-state index contributed by atoms with van der Waals surface area (Å²) in [5, 5.41) is 3.12. The summed E-state index contributed by atoms with van der Waals surface area (Å²) in [6, 6.07) is 6.58. The van der Waals surface area contributed by atoms with Gasteiger partial charge in [-0.1, -0.05) is 19.8 Å². The van der Waals surface area contributed by atoms with Crippen LogP contribution in [0.5, 0.6) is 0 Å². The Labute approximate surface area is 118 Å². The van der Waals surface area contributed by atoms with Crippen LogP contribution in [0.15, 0.2) is 29.2 Å². The van der Waals surface area contributed by atoms with Gasteiger partial charge in [0.2, 0.25) is 5.91 Å². The molecule has 1 amide bonds. The average Bonchev–Trinajstić information content (AvgIpc) is 2.41. The number of hydrogen-bond donors (Lipinski definition) is 1. The molecule has 104 valence electrons. The predicted octanol–water partition coefficient (Wildman–Crippen LogP) is 3.61. The molecule has 2 nitrogen and oxygen atoms in total. The Morgan fingerprint density at radius 2 is 2.00 bits per heavy atom. The predicted molar refractivity (Wildman–Crippen MR) is 76.7 cm³/mol. The van der Waals surface area contributed by atoms with E-state index in [1.807, 2.05) is 0 Å². The van der Waals surface area contributed by atoms with Crippen LogP contribution in [0.4, 0.5) is 4.39 Å². The molecule has 1 aliphatic carbocycles. The molecule has 0 unspecified atom stereocenters. The van der Waals surface area contributed by atoms with Crippen molar-refractivity contribution in [1.29, 1.82) is 0 Å². The Hall–Kier alpha value is -1.03. The molecule has 0 spiro atoms. The van der Waals surface area contributed by atoms with Crippen molar-refractivity contribution in [2.24, 2.45) is 5.92 Å². The fraction of sp³-hybridized carbons (Fsp3) is 0.533. The van der Waals surface area contributed by atoms with Crippen molar-refractivity contribution in [3.05, 3.63) is 30.1 Å². The quantitative estimate of drug-likeness (QED) is 0.854. The normalized spacial score (nSPS) is 23.1. The third kappa shape index (κ3) is 4.53. The minimum atomic E-state index is -0.246. The summed E-state index contributed by atoms with van der Waals surface area (Å²) in [5.41, 5.74) is 0. The molecule has 1 saturated carbocycles. The van der Waals surface area contributed by atoms with E-state index in [-0.39, 0.29) is 11.7 Å². The first-order valence-electron chi connectivity index (χ1n) is 6.83. The molecule has 1 N–H and O–H groups in total. The van der Waals surface area contributed by atoms with E-state index in [0.717, 1.165) is 11.3 Å². The lowest BCUT2D eigenvalue weighted by atomic mass is 9.86. The summed E-state index contributed by atoms with van der Waals surface area (Å²) in [6.07, 6.45) is 4.78. The summed E-state index contributed by atoms with van der Waals surface area (Å²) in [6.45, 7) is 2.21. The second-order valence-electron chi connectivity index (χ2n) is 5.18. The van der Waals surface area contributed by atoms with E-state index < -0.39 is 0 Å². The Morgan fingerprint density at radius 1 is 1.32 bits per heavy atom. The van der Waals surface area contributed by atoms with Crippen molar-refractivity contribution >= 4 is 17.7 Å². The molecule has 1 fully saturated rings. The van der Waals surface area contributed by atoms with Gasteiger partial charge >= 0.3 is 0 Å². The summed E-state index contributed by atoms with van der Waals surface area (Å²) < 4.78 is 12.7. The molecule has 19 heavy (non-hydrogen) atoms. The van der Waals surface area contributed by atoms with E-state index in [0.29, 0.717) is 17.7 Å². The molecule has 1 aromatic carbocycles. The zero-order valence-electron chi connectivity index (χ0n) is 11.2. The molecule has 0 bridgehead atoms. The maximum Gasteiger partial charge on any atom is 0.230 e. The first kappa shape index (κ1) is 14.4. The van der Waals surface area contributed by atoms with Crippen LogP contribution in [0.1, 0.15) is 32.6 Å². The van der Waals surface area contributed by atoms with Crippen LogP contribution in [-0.2, 0) is 4.79 Å². The summed E-state index contributed by atoms with van der Waals surface area (Å²) in [7, 11) is 0. The van der Waals surface area contributed by atoms with Gasteiger partial charge < -0.3 is 5.32 Å². The van der Waals surface area contributed by atoms with Crippen LogP contribution >= 0.6 is 11.8 Å². The van der Waals surface area contributed by atoms with Crippen LogP contribution < -0.4 is 5.32 Å². The van der Waals surface area contributed by atoms with Crippen molar-refractivity contribution in [2.75, 3.05) is 5.75 Å². The van der Waals surface area contributed by atoms with Crippen LogP contribution in [-0.4, -0.2) is 17.7 Å². The van der Waals surface area contributed by atoms with Gasteiger partial charge in [-0.3, -0.25) is 4.79 Å². The van der Waals surface area contributed by atoms with E-state index in [4.69, 9.17) is 0 Å². The third-order valence-corrected chi connectivity index (χ3v) is 4.65. The highest BCUT2D eigenvalue weighted by atomic mass is 32.2. The van der Waals surface area contributed by atoms with Crippen molar-refractivity contribution in [3.63, 3.8) is 0 Å². The van der Waals surface area contributed by atoms with Gasteiger partial charge in [0.15, 0.2) is 0 Å². The molecule has 4 heteroatoms. The fourth-order valence-electron chi connectivity index (χ4n) is 2.46. The summed E-state index contributed by atoms with van der Waals surface area (Å²) in [4.78, 5) is 12.8. The highest BCUT2D eigenvalue weighted by molar-refractivity contribution is 8.00. The molecule has 1 aromatic rings. The summed E-state index contributed by atoms with van der Waals surface area (Å²) >= 11 is 1.45. The van der Waals surface area contributed by atoms with Crippen LogP contribution in [0, 0.1) is 11.7 Å². The van der Waals surface area contributed by atoms with Gasteiger partial charge in [0.25, 0.3) is 0 Å². The third-order valence-electron chi connectivity index (χ3n) is 3.64. The molecule has 2 rings (SSSR count). The maximum absolute atomic E-state index is 12.7. The second kappa shape index (κ2) is 6.94. The Bertz CT molecular complexity index is 421. The van der Waals surface area contributed by atoms with Crippen molar-refractivity contribution < 1.29 is 9.18 Å². The number of hydrogen-bond acceptors (Lipinski definition) is 2. The summed E-state index contributed by atoms with van der Waals surface area (Å²) in [5.74, 6) is 0.806. The lowest BCUT2D eigenvalue weighted by Gasteiger charge is -2.29. The number of halogens is 1.